The van der Waals surface area contributed by atoms with E-state index < -0.39 is 11.1 Å². The van der Waals surface area contributed by atoms with Crippen molar-refractivity contribution in [2.24, 2.45) is 0 Å². The normalized spacial score (nSPS) is 22.5. The fourth-order valence-corrected chi connectivity index (χ4v) is 4.51. The van der Waals surface area contributed by atoms with Crippen molar-refractivity contribution < 1.29 is 23.5 Å². The number of rotatable bonds is 4. The van der Waals surface area contributed by atoms with Crippen molar-refractivity contribution in [2.45, 2.75) is 25.7 Å². The molecule has 9 heteroatoms. The molecule has 4 heterocycles. The van der Waals surface area contributed by atoms with Crippen LogP contribution in [0.25, 0.3) is 6.08 Å². The molecular formula is C20H25N3O5S. The highest BCUT2D eigenvalue weighted by Gasteiger charge is 2.37. The van der Waals surface area contributed by atoms with Gasteiger partial charge in [-0.25, -0.2) is 0 Å². The van der Waals surface area contributed by atoms with Crippen LogP contribution in [-0.2, 0) is 14.3 Å². The van der Waals surface area contributed by atoms with Gasteiger partial charge in [0, 0.05) is 38.3 Å². The van der Waals surface area contributed by atoms with Gasteiger partial charge in [-0.15, -0.1) is 0 Å². The lowest BCUT2D eigenvalue weighted by Gasteiger charge is -2.27. The summed E-state index contributed by atoms with van der Waals surface area (Å²) < 4.78 is 11.1. The summed E-state index contributed by atoms with van der Waals surface area (Å²) in [6, 6.07) is 3.72. The predicted octanol–water partition coefficient (Wildman–Crippen LogP) is 2.56. The monoisotopic (exact) mass is 419 g/mol. The van der Waals surface area contributed by atoms with Crippen LogP contribution in [0.3, 0.4) is 0 Å². The van der Waals surface area contributed by atoms with E-state index in [1.54, 1.807) is 11.0 Å². The molecule has 0 radical (unpaired) electrons. The minimum absolute atomic E-state index is 0.237. The van der Waals surface area contributed by atoms with E-state index in [1.165, 1.54) is 12.8 Å². The molecule has 0 atom stereocenters. The lowest BCUT2D eigenvalue weighted by molar-refractivity contribution is -0.139. The fourth-order valence-electron chi connectivity index (χ4n) is 3.69. The third-order valence-corrected chi connectivity index (χ3v) is 6.24. The second-order valence-corrected chi connectivity index (χ2v) is 8.33. The molecule has 0 unspecified atom stereocenters. The van der Waals surface area contributed by atoms with Gasteiger partial charge < -0.3 is 19.0 Å². The number of thioether (sulfide) groups is 1. The van der Waals surface area contributed by atoms with E-state index in [-0.39, 0.29) is 17.4 Å². The lowest BCUT2D eigenvalue weighted by Crippen LogP contribution is -2.46. The molecule has 0 aromatic carbocycles. The number of hydrogen-bond donors (Lipinski definition) is 0. The summed E-state index contributed by atoms with van der Waals surface area (Å²) in [6.07, 6.45) is 6.35. The van der Waals surface area contributed by atoms with Crippen molar-refractivity contribution in [3.8, 4) is 0 Å². The van der Waals surface area contributed by atoms with Gasteiger partial charge in [-0.2, -0.15) is 0 Å². The summed E-state index contributed by atoms with van der Waals surface area (Å²) >= 11 is 0.843. The van der Waals surface area contributed by atoms with Gasteiger partial charge in [-0.1, -0.05) is 12.8 Å². The Bertz CT molecular complexity index is 807. The zero-order valence-electron chi connectivity index (χ0n) is 16.3. The maximum absolute atomic E-state index is 12.7. The summed E-state index contributed by atoms with van der Waals surface area (Å²) in [5.74, 6) is 0.641. The van der Waals surface area contributed by atoms with Gasteiger partial charge >= 0.3 is 0 Å². The Kier molecular flexibility index (Phi) is 6.25. The van der Waals surface area contributed by atoms with Crippen molar-refractivity contribution in [2.75, 3.05) is 50.8 Å². The average Bonchev–Trinajstić information content (AvgIpc) is 3.16. The molecule has 0 saturated carbocycles. The van der Waals surface area contributed by atoms with Crippen LogP contribution in [0.2, 0.25) is 0 Å². The van der Waals surface area contributed by atoms with Crippen LogP contribution in [0.4, 0.5) is 10.7 Å². The smallest absolute Gasteiger partial charge is 0.294 e. The second kappa shape index (κ2) is 9.04. The van der Waals surface area contributed by atoms with Crippen LogP contribution < -0.4 is 4.90 Å². The van der Waals surface area contributed by atoms with Crippen LogP contribution >= 0.6 is 11.8 Å². The number of ether oxygens (including phenoxy) is 1. The first-order valence-electron chi connectivity index (χ1n) is 10.1. The molecule has 0 aliphatic carbocycles. The van der Waals surface area contributed by atoms with Crippen molar-refractivity contribution in [3.05, 3.63) is 22.8 Å². The quantitative estimate of drug-likeness (QED) is 0.694. The molecule has 29 heavy (non-hydrogen) atoms. The van der Waals surface area contributed by atoms with Gasteiger partial charge in [0.2, 0.25) is 5.91 Å². The number of morpholine rings is 1. The van der Waals surface area contributed by atoms with Crippen molar-refractivity contribution in [3.63, 3.8) is 0 Å². The summed E-state index contributed by atoms with van der Waals surface area (Å²) in [5.41, 5.74) is 0. The molecule has 3 amide bonds. The van der Waals surface area contributed by atoms with Crippen LogP contribution in [0, 0.1) is 0 Å². The highest BCUT2D eigenvalue weighted by Crippen LogP contribution is 2.33. The molecule has 1 aromatic rings. The van der Waals surface area contributed by atoms with Gasteiger partial charge in [0.15, 0.2) is 5.88 Å². The number of furan rings is 1. The summed E-state index contributed by atoms with van der Waals surface area (Å²) in [6.45, 7) is 3.61. The number of imide groups is 1. The highest BCUT2D eigenvalue weighted by atomic mass is 32.2. The van der Waals surface area contributed by atoms with Crippen molar-refractivity contribution in [1.82, 2.24) is 9.80 Å². The van der Waals surface area contributed by atoms with Gasteiger partial charge in [0.05, 0.1) is 18.1 Å². The zero-order chi connectivity index (χ0) is 20.2. The number of nitrogens with zero attached hydrogens (tertiary/aromatic N) is 3. The standard InChI is InChI=1S/C20H25N3O5S/c24-17(21-9-11-27-12-10-21)14-23-19(25)16(29-20(23)26)13-15-5-6-18(28-15)22-7-3-1-2-4-8-22/h5-6,13H,1-4,7-12,14H2. The van der Waals surface area contributed by atoms with Crippen molar-refractivity contribution in [1.29, 1.82) is 0 Å². The minimum Gasteiger partial charge on any atom is -0.441 e. The van der Waals surface area contributed by atoms with Gasteiger partial charge in [0.1, 0.15) is 12.3 Å². The molecule has 0 bridgehead atoms. The molecule has 3 aliphatic heterocycles. The van der Waals surface area contributed by atoms with Crippen LogP contribution in [-0.4, -0.2) is 72.8 Å². The van der Waals surface area contributed by atoms with Crippen LogP contribution in [0.1, 0.15) is 31.4 Å². The number of carbonyl (C=O) groups excluding carboxylic acids is 3. The maximum Gasteiger partial charge on any atom is 0.294 e. The summed E-state index contributed by atoms with van der Waals surface area (Å²) in [4.78, 5) is 42.5. The molecule has 3 aliphatic rings. The van der Waals surface area contributed by atoms with E-state index >= 15 is 0 Å². The van der Waals surface area contributed by atoms with E-state index in [0.717, 1.165) is 48.5 Å². The number of hydrogen-bond acceptors (Lipinski definition) is 7. The molecule has 3 saturated heterocycles. The van der Waals surface area contributed by atoms with E-state index in [0.29, 0.717) is 32.1 Å². The van der Waals surface area contributed by atoms with Crippen molar-refractivity contribution >= 4 is 40.8 Å². The van der Waals surface area contributed by atoms with E-state index in [1.807, 2.05) is 12.1 Å². The van der Waals surface area contributed by atoms with Gasteiger partial charge in [-0.05, 0) is 30.7 Å². The molecule has 3 fully saturated rings. The van der Waals surface area contributed by atoms with Gasteiger partial charge in [0.25, 0.3) is 11.1 Å². The Balaban J connectivity index is 1.41. The number of amides is 3. The molecule has 156 valence electrons. The third-order valence-electron chi connectivity index (χ3n) is 5.33. The highest BCUT2D eigenvalue weighted by molar-refractivity contribution is 8.18. The molecule has 4 rings (SSSR count). The molecule has 1 aromatic heterocycles. The van der Waals surface area contributed by atoms with Gasteiger partial charge in [-0.3, -0.25) is 19.3 Å². The Morgan fingerprint density at radius 1 is 1.03 bits per heavy atom. The topological polar surface area (TPSA) is 83.3 Å². The van der Waals surface area contributed by atoms with E-state index in [2.05, 4.69) is 4.90 Å². The number of carbonyl (C=O) groups is 3. The Hall–Kier alpha value is -2.26. The van der Waals surface area contributed by atoms with E-state index in [9.17, 15) is 14.4 Å². The Morgan fingerprint density at radius 2 is 1.76 bits per heavy atom. The average molecular weight is 420 g/mol. The SMILES string of the molecule is O=C(CN1C(=O)SC(=Cc2ccc(N3CCCCCC3)o2)C1=O)N1CCOCC1. The first kappa shape index (κ1) is 20.0. The first-order chi connectivity index (χ1) is 14.1. The first-order valence-corrected chi connectivity index (χ1v) is 10.9. The lowest BCUT2D eigenvalue weighted by atomic mass is 10.2. The molecular weight excluding hydrogens is 394 g/mol. The summed E-state index contributed by atoms with van der Waals surface area (Å²) in [5, 5.41) is -0.429. The largest absolute Gasteiger partial charge is 0.441 e. The Morgan fingerprint density at radius 3 is 2.48 bits per heavy atom. The fraction of sp³-hybridized carbons (Fsp3) is 0.550. The maximum atomic E-state index is 12.7. The summed E-state index contributed by atoms with van der Waals surface area (Å²) in [7, 11) is 0. The third kappa shape index (κ3) is 4.67. The zero-order valence-corrected chi connectivity index (χ0v) is 17.1. The molecule has 0 spiro atoms. The number of anilines is 1. The molecule has 8 nitrogen and oxygen atoms in total. The Labute approximate surface area is 173 Å². The minimum atomic E-state index is -0.450. The molecule has 0 N–H and O–H groups in total. The predicted molar refractivity (Wildman–Crippen MR) is 109 cm³/mol. The van der Waals surface area contributed by atoms with Crippen LogP contribution in [0.5, 0.6) is 0 Å². The van der Waals surface area contributed by atoms with Crippen LogP contribution in [0.15, 0.2) is 21.5 Å². The second-order valence-electron chi connectivity index (χ2n) is 7.34. The van der Waals surface area contributed by atoms with E-state index in [4.69, 9.17) is 9.15 Å².